The van der Waals surface area contributed by atoms with E-state index in [9.17, 15) is 4.79 Å². The monoisotopic (exact) mass is 424 g/mol. The summed E-state index contributed by atoms with van der Waals surface area (Å²) in [4.78, 5) is 20.9. The molecule has 31 heavy (non-hydrogen) atoms. The Morgan fingerprint density at radius 2 is 1.90 bits per heavy atom. The van der Waals surface area contributed by atoms with Gasteiger partial charge in [0.2, 0.25) is 11.8 Å². The van der Waals surface area contributed by atoms with Gasteiger partial charge < -0.3 is 19.7 Å². The highest BCUT2D eigenvalue weighted by Gasteiger charge is 2.19. The van der Waals surface area contributed by atoms with Crippen LogP contribution < -0.4 is 19.7 Å². The predicted octanol–water partition coefficient (Wildman–Crippen LogP) is 3.26. The molecule has 0 unspecified atom stereocenters. The van der Waals surface area contributed by atoms with E-state index < -0.39 is 0 Å². The number of aromatic nitrogens is 1. The van der Waals surface area contributed by atoms with E-state index >= 15 is 0 Å². The number of hydrogen-bond donors (Lipinski definition) is 1. The number of methoxy groups -OCH3 is 1. The van der Waals surface area contributed by atoms with Gasteiger partial charge in [-0.3, -0.25) is 9.69 Å². The summed E-state index contributed by atoms with van der Waals surface area (Å²) in [7, 11) is 1.73. The van der Waals surface area contributed by atoms with E-state index in [0.29, 0.717) is 24.7 Å². The lowest BCUT2D eigenvalue weighted by atomic mass is 10.1. The van der Waals surface area contributed by atoms with Crippen LogP contribution in [0.4, 0.5) is 11.5 Å². The number of nitrogens with zero attached hydrogens (tertiary/aromatic N) is 3. The second-order valence-corrected chi connectivity index (χ2v) is 8.19. The van der Waals surface area contributed by atoms with Crippen LogP contribution in [0.2, 0.25) is 0 Å². The number of benzene rings is 1. The third-order valence-electron chi connectivity index (χ3n) is 6.14. The van der Waals surface area contributed by atoms with Gasteiger partial charge in [0.25, 0.3) is 0 Å². The average molecular weight is 425 g/mol. The van der Waals surface area contributed by atoms with Gasteiger partial charge in [0, 0.05) is 49.9 Å². The van der Waals surface area contributed by atoms with Crippen molar-refractivity contribution in [3.63, 3.8) is 0 Å². The zero-order valence-corrected chi connectivity index (χ0v) is 18.5. The van der Waals surface area contributed by atoms with E-state index in [0.717, 1.165) is 63.3 Å². The van der Waals surface area contributed by atoms with Gasteiger partial charge in [-0.15, -0.1) is 0 Å². The Hall–Kier alpha value is -2.80. The van der Waals surface area contributed by atoms with E-state index in [4.69, 9.17) is 9.47 Å². The second-order valence-electron chi connectivity index (χ2n) is 8.19. The number of carbonyl (C=O) groups excluding carboxylic acids is 1. The smallest absolute Gasteiger partial charge is 0.225 e. The van der Waals surface area contributed by atoms with Crippen LogP contribution >= 0.6 is 0 Å². The number of ether oxygens (including phenoxy) is 2. The van der Waals surface area contributed by atoms with Crippen molar-refractivity contribution < 1.29 is 14.3 Å². The predicted molar refractivity (Wildman–Crippen MR) is 122 cm³/mol. The number of unbranched alkanes of at least 4 members (excludes halogenated alkanes) is 1. The molecule has 1 aromatic heterocycles. The van der Waals surface area contributed by atoms with Gasteiger partial charge in [-0.2, -0.15) is 4.98 Å². The van der Waals surface area contributed by atoms with Crippen LogP contribution in [0.5, 0.6) is 11.6 Å². The minimum atomic E-state index is 0.0267. The normalized spacial score (nSPS) is 16.6. The Bertz CT molecular complexity index is 910. The van der Waals surface area contributed by atoms with Crippen LogP contribution in [-0.2, 0) is 11.2 Å². The maximum atomic E-state index is 11.5. The summed E-state index contributed by atoms with van der Waals surface area (Å²) < 4.78 is 11.3. The molecule has 0 spiro atoms. The van der Waals surface area contributed by atoms with Crippen LogP contribution in [0.3, 0.4) is 0 Å². The van der Waals surface area contributed by atoms with E-state index in [1.54, 1.807) is 7.11 Å². The van der Waals surface area contributed by atoms with Gasteiger partial charge in [0.15, 0.2) is 0 Å². The molecule has 1 aromatic carbocycles. The van der Waals surface area contributed by atoms with Crippen molar-refractivity contribution >= 4 is 17.4 Å². The first kappa shape index (κ1) is 21.4. The SMILES string of the molecule is COc1cccc(N2CCN(CCCCOc3ccc4c(n3)NC(=O)CC4)CC2)c1C. The summed E-state index contributed by atoms with van der Waals surface area (Å²) in [5.41, 5.74) is 3.57. The number of anilines is 2. The standard InChI is InChI=1S/C24H32N4O3/c1-18-20(6-5-7-21(18)30-2)28-15-13-27(14-16-28)12-3-4-17-31-23-11-9-19-8-10-22(29)25-24(19)26-23/h5-7,9,11H,3-4,8,10,12-17H2,1-2H3,(H,25,26,29). The van der Waals surface area contributed by atoms with Crippen molar-refractivity contribution in [2.45, 2.75) is 32.6 Å². The summed E-state index contributed by atoms with van der Waals surface area (Å²) in [6, 6.07) is 10.2. The summed E-state index contributed by atoms with van der Waals surface area (Å²) in [6.07, 6.45) is 3.36. The second kappa shape index (κ2) is 10.0. The summed E-state index contributed by atoms with van der Waals surface area (Å²) in [6.45, 7) is 8.08. The number of pyridine rings is 1. The molecule has 1 amide bonds. The lowest BCUT2D eigenvalue weighted by molar-refractivity contribution is -0.116. The average Bonchev–Trinajstić information content (AvgIpc) is 2.79. The lowest BCUT2D eigenvalue weighted by Crippen LogP contribution is -2.46. The molecule has 2 aromatic rings. The number of nitrogens with one attached hydrogen (secondary N) is 1. The number of fused-ring (bicyclic) bond motifs is 1. The van der Waals surface area contributed by atoms with Gasteiger partial charge in [-0.25, -0.2) is 0 Å². The molecule has 1 saturated heterocycles. The molecule has 0 bridgehead atoms. The molecule has 1 fully saturated rings. The van der Waals surface area contributed by atoms with Gasteiger partial charge in [0.1, 0.15) is 11.6 Å². The number of amides is 1. The molecule has 0 atom stereocenters. The lowest BCUT2D eigenvalue weighted by Gasteiger charge is -2.37. The Balaban J connectivity index is 1.16. The molecule has 0 saturated carbocycles. The van der Waals surface area contributed by atoms with E-state index in [1.807, 2.05) is 18.2 Å². The third-order valence-corrected chi connectivity index (χ3v) is 6.14. The van der Waals surface area contributed by atoms with E-state index in [-0.39, 0.29) is 5.91 Å². The zero-order chi connectivity index (χ0) is 21.6. The summed E-state index contributed by atoms with van der Waals surface area (Å²) >= 11 is 0. The van der Waals surface area contributed by atoms with Gasteiger partial charge >= 0.3 is 0 Å². The van der Waals surface area contributed by atoms with Gasteiger partial charge in [0.05, 0.1) is 13.7 Å². The van der Waals surface area contributed by atoms with Crippen molar-refractivity contribution in [2.24, 2.45) is 0 Å². The Kier molecular flexibility index (Phi) is 6.92. The quantitative estimate of drug-likeness (QED) is 0.656. The fourth-order valence-electron chi connectivity index (χ4n) is 4.30. The molecule has 7 heteroatoms. The Morgan fingerprint density at radius 3 is 2.71 bits per heavy atom. The first-order valence-corrected chi connectivity index (χ1v) is 11.2. The van der Waals surface area contributed by atoms with Crippen molar-refractivity contribution in [2.75, 3.05) is 56.7 Å². The maximum absolute atomic E-state index is 11.5. The largest absolute Gasteiger partial charge is 0.496 e. The van der Waals surface area contributed by atoms with E-state index in [1.165, 1.54) is 11.3 Å². The first-order chi connectivity index (χ1) is 15.1. The fraction of sp³-hybridized carbons (Fsp3) is 0.500. The topological polar surface area (TPSA) is 66.9 Å². The third kappa shape index (κ3) is 5.28. The number of aryl methyl sites for hydroxylation is 1. The highest BCUT2D eigenvalue weighted by Crippen LogP contribution is 2.29. The van der Waals surface area contributed by atoms with Crippen molar-refractivity contribution in [3.05, 3.63) is 41.5 Å². The molecule has 0 aliphatic carbocycles. The molecular weight excluding hydrogens is 392 g/mol. The van der Waals surface area contributed by atoms with Crippen LogP contribution in [0, 0.1) is 6.92 Å². The number of rotatable bonds is 8. The van der Waals surface area contributed by atoms with Gasteiger partial charge in [-0.05, 0) is 56.5 Å². The summed E-state index contributed by atoms with van der Waals surface area (Å²) in [5.74, 6) is 2.22. The molecule has 4 rings (SSSR count). The molecule has 2 aliphatic rings. The Labute approximate surface area is 184 Å². The minimum absolute atomic E-state index is 0.0267. The molecule has 0 radical (unpaired) electrons. The molecule has 2 aliphatic heterocycles. The molecule has 166 valence electrons. The molecule has 7 nitrogen and oxygen atoms in total. The first-order valence-electron chi connectivity index (χ1n) is 11.2. The van der Waals surface area contributed by atoms with Crippen LogP contribution in [0.25, 0.3) is 0 Å². The van der Waals surface area contributed by atoms with Crippen LogP contribution in [0.1, 0.15) is 30.4 Å². The number of hydrogen-bond acceptors (Lipinski definition) is 6. The van der Waals surface area contributed by atoms with Crippen LogP contribution in [0.15, 0.2) is 30.3 Å². The molecular formula is C24H32N4O3. The summed E-state index contributed by atoms with van der Waals surface area (Å²) in [5, 5.41) is 2.82. The van der Waals surface area contributed by atoms with Crippen molar-refractivity contribution in [1.82, 2.24) is 9.88 Å². The highest BCUT2D eigenvalue weighted by atomic mass is 16.5. The fourth-order valence-corrected chi connectivity index (χ4v) is 4.30. The number of piperazine rings is 1. The maximum Gasteiger partial charge on any atom is 0.225 e. The van der Waals surface area contributed by atoms with Crippen molar-refractivity contribution in [1.29, 1.82) is 0 Å². The van der Waals surface area contributed by atoms with Crippen molar-refractivity contribution in [3.8, 4) is 11.6 Å². The van der Waals surface area contributed by atoms with Crippen LogP contribution in [-0.4, -0.2) is 62.2 Å². The zero-order valence-electron chi connectivity index (χ0n) is 18.5. The Morgan fingerprint density at radius 1 is 1.06 bits per heavy atom. The highest BCUT2D eigenvalue weighted by molar-refractivity contribution is 5.92. The minimum Gasteiger partial charge on any atom is -0.496 e. The molecule has 1 N–H and O–H groups in total. The number of carbonyl (C=O) groups is 1. The van der Waals surface area contributed by atoms with Gasteiger partial charge in [-0.1, -0.05) is 6.07 Å². The van der Waals surface area contributed by atoms with E-state index in [2.05, 4.69) is 39.2 Å². The molecule has 3 heterocycles.